The van der Waals surface area contributed by atoms with Gasteiger partial charge in [-0.25, -0.2) is 4.98 Å². The Hall–Kier alpha value is -2.64. The zero-order valence-corrected chi connectivity index (χ0v) is 22.3. The van der Waals surface area contributed by atoms with Crippen LogP contribution in [-0.2, 0) is 26.3 Å². The summed E-state index contributed by atoms with van der Waals surface area (Å²) in [5.41, 5.74) is 7.95. The van der Waals surface area contributed by atoms with Crippen molar-refractivity contribution in [3.8, 4) is 0 Å². The summed E-state index contributed by atoms with van der Waals surface area (Å²) < 4.78 is 5.40. The summed E-state index contributed by atoms with van der Waals surface area (Å²) in [6, 6.07) is 11.9. The molecule has 0 radical (unpaired) electrons. The van der Waals surface area contributed by atoms with Crippen LogP contribution < -0.4 is 5.73 Å². The van der Waals surface area contributed by atoms with E-state index in [9.17, 15) is 9.59 Å². The van der Waals surface area contributed by atoms with Gasteiger partial charge in [0.2, 0.25) is 5.91 Å². The first-order valence-electron chi connectivity index (χ1n) is 13.5. The van der Waals surface area contributed by atoms with Crippen LogP contribution in [0.5, 0.6) is 0 Å². The SMILES string of the molecule is CCOC(=O)[C@@H]1C[C@@]1(c1ccc(Cl)cc1)C1CCN(C(=O)C2CCN(Cc3ccnc(N)c3)CC2)CC1. The molecule has 3 aliphatic rings. The van der Waals surface area contributed by atoms with Crippen LogP contribution in [0.3, 0.4) is 0 Å². The van der Waals surface area contributed by atoms with Crippen molar-refractivity contribution in [2.24, 2.45) is 17.8 Å². The van der Waals surface area contributed by atoms with Gasteiger partial charge in [-0.3, -0.25) is 14.5 Å². The molecule has 198 valence electrons. The molecule has 1 amide bonds. The third-order valence-corrected chi connectivity index (χ3v) is 8.93. The van der Waals surface area contributed by atoms with Crippen molar-refractivity contribution >= 4 is 29.3 Å². The molecule has 8 heteroatoms. The number of hydrogen-bond donors (Lipinski definition) is 1. The molecule has 2 aromatic rings. The van der Waals surface area contributed by atoms with Crippen molar-refractivity contribution in [1.82, 2.24) is 14.8 Å². The molecular formula is C29H37ClN4O3. The maximum absolute atomic E-state index is 13.4. The molecular weight excluding hydrogens is 488 g/mol. The van der Waals surface area contributed by atoms with E-state index in [1.54, 1.807) is 6.20 Å². The lowest BCUT2D eigenvalue weighted by atomic mass is 9.75. The Balaban J connectivity index is 1.17. The summed E-state index contributed by atoms with van der Waals surface area (Å²) in [4.78, 5) is 34.6. The van der Waals surface area contributed by atoms with E-state index in [4.69, 9.17) is 22.1 Å². The molecule has 3 fully saturated rings. The molecule has 2 aliphatic heterocycles. The lowest BCUT2D eigenvalue weighted by Crippen LogP contribution is -2.47. The first-order chi connectivity index (χ1) is 17.9. The van der Waals surface area contributed by atoms with E-state index in [1.807, 2.05) is 31.2 Å². The van der Waals surface area contributed by atoms with E-state index in [1.165, 1.54) is 5.56 Å². The Bertz CT molecular complexity index is 1110. The number of ether oxygens (including phenoxy) is 1. The number of anilines is 1. The van der Waals surface area contributed by atoms with E-state index in [2.05, 4.69) is 26.9 Å². The van der Waals surface area contributed by atoms with Crippen molar-refractivity contribution in [2.75, 3.05) is 38.5 Å². The molecule has 37 heavy (non-hydrogen) atoms. The number of piperidine rings is 2. The van der Waals surface area contributed by atoms with Gasteiger partial charge in [0, 0.05) is 42.2 Å². The summed E-state index contributed by atoms with van der Waals surface area (Å²) in [5, 5.41) is 0.698. The third-order valence-electron chi connectivity index (χ3n) is 8.68. The molecule has 2 saturated heterocycles. The number of carbonyl (C=O) groups excluding carboxylic acids is 2. The van der Waals surface area contributed by atoms with Gasteiger partial charge in [-0.1, -0.05) is 23.7 Å². The molecule has 7 nitrogen and oxygen atoms in total. The number of aromatic nitrogens is 1. The van der Waals surface area contributed by atoms with Crippen molar-refractivity contribution in [3.05, 3.63) is 58.7 Å². The fraction of sp³-hybridized carbons (Fsp3) is 0.552. The largest absolute Gasteiger partial charge is 0.466 e. The molecule has 5 rings (SSSR count). The predicted octanol–water partition coefficient (Wildman–Crippen LogP) is 4.29. The van der Waals surface area contributed by atoms with Gasteiger partial charge in [0.25, 0.3) is 0 Å². The van der Waals surface area contributed by atoms with Gasteiger partial charge in [0.1, 0.15) is 5.82 Å². The van der Waals surface area contributed by atoms with Crippen LogP contribution >= 0.6 is 11.6 Å². The smallest absolute Gasteiger partial charge is 0.309 e. The lowest BCUT2D eigenvalue weighted by molar-refractivity contribution is -0.146. The minimum atomic E-state index is -0.201. The average Bonchev–Trinajstić information content (AvgIpc) is 3.67. The first-order valence-corrected chi connectivity index (χ1v) is 13.9. The molecule has 2 atom stereocenters. The number of nitrogens with zero attached hydrogens (tertiary/aromatic N) is 3. The quantitative estimate of drug-likeness (QED) is 0.544. The fourth-order valence-electron chi connectivity index (χ4n) is 6.64. The zero-order chi connectivity index (χ0) is 26.0. The number of nitrogens with two attached hydrogens (primary N) is 1. The fourth-order valence-corrected chi connectivity index (χ4v) is 6.77. The minimum absolute atomic E-state index is 0.0914. The number of hydrogen-bond acceptors (Lipinski definition) is 6. The van der Waals surface area contributed by atoms with Crippen molar-refractivity contribution < 1.29 is 14.3 Å². The number of carbonyl (C=O) groups is 2. The highest BCUT2D eigenvalue weighted by Crippen LogP contribution is 2.62. The number of nitrogen functional groups attached to an aromatic ring is 1. The highest BCUT2D eigenvalue weighted by Gasteiger charge is 2.64. The molecule has 1 aromatic heterocycles. The van der Waals surface area contributed by atoms with Crippen molar-refractivity contribution in [3.63, 3.8) is 0 Å². The maximum atomic E-state index is 13.4. The van der Waals surface area contributed by atoms with Gasteiger partial charge in [-0.05, 0) is 93.4 Å². The van der Waals surface area contributed by atoms with E-state index in [-0.39, 0.29) is 23.2 Å². The normalized spacial score (nSPS) is 25.1. The second kappa shape index (κ2) is 11.0. The number of esters is 1. The molecule has 2 N–H and O–H groups in total. The van der Waals surface area contributed by atoms with Gasteiger partial charge in [0.05, 0.1) is 12.5 Å². The number of pyridine rings is 1. The van der Waals surface area contributed by atoms with Gasteiger partial charge < -0.3 is 15.4 Å². The number of amides is 1. The number of rotatable bonds is 7. The summed E-state index contributed by atoms with van der Waals surface area (Å²) >= 11 is 6.15. The number of likely N-dealkylation sites (tertiary alicyclic amines) is 2. The van der Waals surface area contributed by atoms with Gasteiger partial charge in [-0.15, -0.1) is 0 Å². The van der Waals surface area contributed by atoms with Gasteiger partial charge in [0.15, 0.2) is 0 Å². The van der Waals surface area contributed by atoms with E-state index in [0.29, 0.717) is 29.3 Å². The summed E-state index contributed by atoms with van der Waals surface area (Å²) in [7, 11) is 0. The second-order valence-corrected chi connectivity index (χ2v) is 11.2. The Kier molecular flexibility index (Phi) is 7.72. The molecule has 1 saturated carbocycles. The molecule has 1 aromatic carbocycles. The summed E-state index contributed by atoms with van der Waals surface area (Å²) in [6.45, 7) is 6.43. The summed E-state index contributed by atoms with van der Waals surface area (Å²) in [5.74, 6) is 1.07. The maximum Gasteiger partial charge on any atom is 0.309 e. The van der Waals surface area contributed by atoms with Crippen LogP contribution in [0.4, 0.5) is 5.82 Å². The van der Waals surface area contributed by atoms with Crippen LogP contribution in [0, 0.1) is 17.8 Å². The molecule has 1 aliphatic carbocycles. The van der Waals surface area contributed by atoms with E-state index < -0.39 is 0 Å². The molecule has 0 unspecified atom stereocenters. The zero-order valence-electron chi connectivity index (χ0n) is 21.6. The number of benzene rings is 1. The Morgan fingerprint density at radius 1 is 1.08 bits per heavy atom. The van der Waals surface area contributed by atoms with E-state index >= 15 is 0 Å². The summed E-state index contributed by atoms with van der Waals surface area (Å²) in [6.07, 6.45) is 6.16. The topological polar surface area (TPSA) is 88.8 Å². The van der Waals surface area contributed by atoms with Crippen LogP contribution in [0.25, 0.3) is 0 Å². The van der Waals surface area contributed by atoms with Crippen LogP contribution in [0.15, 0.2) is 42.6 Å². The van der Waals surface area contributed by atoms with Crippen LogP contribution in [0.1, 0.15) is 50.2 Å². The van der Waals surface area contributed by atoms with E-state index in [0.717, 1.165) is 70.4 Å². The lowest BCUT2D eigenvalue weighted by Gasteiger charge is -2.40. The number of halogens is 1. The van der Waals surface area contributed by atoms with Crippen molar-refractivity contribution in [2.45, 2.75) is 51.0 Å². The van der Waals surface area contributed by atoms with Gasteiger partial charge >= 0.3 is 5.97 Å². The average molecular weight is 525 g/mol. The Morgan fingerprint density at radius 2 is 1.78 bits per heavy atom. The van der Waals surface area contributed by atoms with Crippen LogP contribution in [-0.4, -0.2) is 59.4 Å². The highest BCUT2D eigenvalue weighted by molar-refractivity contribution is 6.30. The Morgan fingerprint density at radius 3 is 2.43 bits per heavy atom. The predicted molar refractivity (Wildman–Crippen MR) is 144 cm³/mol. The first kappa shape index (κ1) is 26.0. The Labute approximate surface area is 224 Å². The van der Waals surface area contributed by atoms with Crippen molar-refractivity contribution in [1.29, 1.82) is 0 Å². The van der Waals surface area contributed by atoms with Crippen LogP contribution in [0.2, 0.25) is 5.02 Å². The minimum Gasteiger partial charge on any atom is -0.466 e. The highest BCUT2D eigenvalue weighted by atomic mass is 35.5. The second-order valence-electron chi connectivity index (χ2n) is 10.8. The molecule has 0 bridgehead atoms. The molecule has 3 heterocycles. The molecule has 0 spiro atoms. The van der Waals surface area contributed by atoms with Gasteiger partial charge in [-0.2, -0.15) is 0 Å². The standard InChI is InChI=1S/C29H37ClN4O3/c1-2-37-28(36)25-18-29(25,22-3-5-24(30)6-4-22)23-10-15-34(16-11-23)27(35)21-8-13-33(14-9-21)19-20-7-12-32-26(31)17-20/h3-7,12,17,21,23,25H,2,8-11,13-16,18-19H2,1H3,(H2,31,32)/t25-,29+/m0/s1. The third kappa shape index (κ3) is 5.48. The monoisotopic (exact) mass is 524 g/mol.